The van der Waals surface area contributed by atoms with Gasteiger partial charge in [-0.15, -0.1) is 5.10 Å². The Labute approximate surface area is 130 Å². The number of rotatable bonds is 5. The minimum atomic E-state index is -4.55. The van der Waals surface area contributed by atoms with E-state index in [-0.39, 0.29) is 11.6 Å². The van der Waals surface area contributed by atoms with E-state index in [0.29, 0.717) is 6.42 Å². The average Bonchev–Trinajstić information content (AvgIpc) is 2.95. The number of alkyl halides is 3. The average molecular weight is 327 g/mol. The van der Waals surface area contributed by atoms with Gasteiger partial charge in [0.25, 0.3) is 0 Å². The van der Waals surface area contributed by atoms with E-state index in [0.717, 1.165) is 17.2 Å². The summed E-state index contributed by atoms with van der Waals surface area (Å²) in [6.45, 7) is 1.89. The molecule has 2 aromatic rings. The van der Waals surface area contributed by atoms with Crippen LogP contribution in [-0.4, -0.2) is 26.7 Å². The van der Waals surface area contributed by atoms with Crippen molar-refractivity contribution in [3.63, 3.8) is 0 Å². The summed E-state index contributed by atoms with van der Waals surface area (Å²) in [7, 11) is 0. The number of aromatic nitrogens is 3. The molecule has 124 valence electrons. The zero-order chi connectivity index (χ0) is 17.0. The highest BCUT2D eigenvalue weighted by atomic mass is 19.4. The maximum absolute atomic E-state index is 13.0. The highest BCUT2D eigenvalue weighted by Gasteiger charge is 2.34. The number of nitrogens with one attached hydrogen (secondary N) is 1. The molecular weight excluding hydrogens is 311 g/mol. The molecule has 2 heterocycles. The molecule has 2 rings (SSSR count). The van der Waals surface area contributed by atoms with Crippen LogP contribution in [0.1, 0.15) is 25.3 Å². The fourth-order valence-electron chi connectivity index (χ4n) is 1.97. The van der Waals surface area contributed by atoms with Crippen LogP contribution in [-0.2, 0) is 11.0 Å². The fraction of sp³-hybridized carbons (Fsp3) is 0.357. The fourth-order valence-corrected chi connectivity index (χ4v) is 1.97. The molecule has 6 nitrogen and oxygen atoms in total. The number of nitrogens with two attached hydrogens (primary N) is 1. The van der Waals surface area contributed by atoms with Crippen molar-refractivity contribution >= 4 is 11.7 Å². The van der Waals surface area contributed by atoms with Gasteiger partial charge in [-0.2, -0.15) is 13.2 Å². The number of nitrogens with zero attached hydrogens (tertiary/aromatic N) is 3. The van der Waals surface area contributed by atoms with E-state index in [4.69, 9.17) is 5.73 Å². The summed E-state index contributed by atoms with van der Waals surface area (Å²) in [4.78, 5) is 15.5. The lowest BCUT2D eigenvalue weighted by Crippen LogP contribution is -2.35. The molecule has 3 N–H and O–H groups in total. The van der Waals surface area contributed by atoms with E-state index < -0.39 is 23.7 Å². The SMILES string of the molecule is CCCC(N)C(=O)Nc1ccn(-c2ncccc2C(F)(F)F)n1. The van der Waals surface area contributed by atoms with Crippen LogP contribution in [0.15, 0.2) is 30.6 Å². The van der Waals surface area contributed by atoms with Crippen molar-refractivity contribution in [1.82, 2.24) is 14.8 Å². The molecule has 0 fully saturated rings. The van der Waals surface area contributed by atoms with Gasteiger partial charge in [0.15, 0.2) is 11.6 Å². The number of hydrogen-bond acceptors (Lipinski definition) is 4. The van der Waals surface area contributed by atoms with E-state index in [1.807, 2.05) is 6.92 Å². The first-order valence-corrected chi connectivity index (χ1v) is 6.97. The zero-order valence-electron chi connectivity index (χ0n) is 12.3. The van der Waals surface area contributed by atoms with Crippen LogP contribution >= 0.6 is 0 Å². The van der Waals surface area contributed by atoms with Gasteiger partial charge in [0, 0.05) is 18.5 Å². The molecule has 1 atom stereocenters. The lowest BCUT2D eigenvalue weighted by atomic mass is 10.2. The van der Waals surface area contributed by atoms with Gasteiger partial charge in [-0.25, -0.2) is 9.67 Å². The van der Waals surface area contributed by atoms with Crippen molar-refractivity contribution < 1.29 is 18.0 Å². The lowest BCUT2D eigenvalue weighted by molar-refractivity contribution is -0.137. The summed E-state index contributed by atoms with van der Waals surface area (Å²) in [5.74, 6) is -0.687. The highest BCUT2D eigenvalue weighted by Crippen LogP contribution is 2.32. The van der Waals surface area contributed by atoms with Crippen molar-refractivity contribution in [2.24, 2.45) is 5.73 Å². The van der Waals surface area contributed by atoms with Crippen LogP contribution in [0.5, 0.6) is 0 Å². The van der Waals surface area contributed by atoms with E-state index >= 15 is 0 Å². The minimum absolute atomic E-state index is 0.111. The molecule has 9 heteroatoms. The molecule has 0 bridgehead atoms. The largest absolute Gasteiger partial charge is 0.420 e. The first kappa shape index (κ1) is 16.9. The third-order valence-electron chi connectivity index (χ3n) is 3.09. The Balaban J connectivity index is 2.22. The number of carbonyl (C=O) groups is 1. The number of pyridine rings is 1. The van der Waals surface area contributed by atoms with Gasteiger partial charge in [0.05, 0.1) is 6.04 Å². The normalized spacial score (nSPS) is 12.9. The molecule has 0 aliphatic carbocycles. The van der Waals surface area contributed by atoms with E-state index in [1.54, 1.807) is 0 Å². The summed E-state index contributed by atoms with van der Waals surface area (Å²) in [6, 6.07) is 2.80. The quantitative estimate of drug-likeness (QED) is 0.883. The second kappa shape index (κ2) is 6.78. The van der Waals surface area contributed by atoms with Crippen molar-refractivity contribution in [2.45, 2.75) is 32.0 Å². The Morgan fingerprint density at radius 3 is 2.83 bits per heavy atom. The number of halogens is 3. The van der Waals surface area contributed by atoms with Crippen LogP contribution in [0, 0.1) is 0 Å². The van der Waals surface area contributed by atoms with E-state index in [9.17, 15) is 18.0 Å². The van der Waals surface area contributed by atoms with Crippen LogP contribution in [0.4, 0.5) is 19.0 Å². The monoisotopic (exact) mass is 327 g/mol. The molecule has 0 spiro atoms. The van der Waals surface area contributed by atoms with Gasteiger partial charge in [-0.3, -0.25) is 4.79 Å². The molecule has 2 aromatic heterocycles. The van der Waals surface area contributed by atoms with Crippen LogP contribution in [0.25, 0.3) is 5.82 Å². The number of carbonyl (C=O) groups excluding carboxylic acids is 1. The standard InChI is InChI=1S/C14H16F3N5O/c1-2-4-10(18)13(23)20-11-6-8-22(21-11)12-9(14(15,16)17)5-3-7-19-12/h3,5-8,10H,2,4,18H2,1H3,(H,20,21,23). The molecule has 0 radical (unpaired) electrons. The summed E-state index contributed by atoms with van der Waals surface area (Å²) < 4.78 is 39.9. The minimum Gasteiger partial charge on any atom is -0.320 e. The van der Waals surface area contributed by atoms with Gasteiger partial charge in [-0.1, -0.05) is 13.3 Å². The van der Waals surface area contributed by atoms with Gasteiger partial charge in [0.2, 0.25) is 5.91 Å². The summed E-state index contributed by atoms with van der Waals surface area (Å²) >= 11 is 0. The van der Waals surface area contributed by atoms with Gasteiger partial charge >= 0.3 is 6.18 Å². The van der Waals surface area contributed by atoms with Gasteiger partial charge < -0.3 is 11.1 Å². The Morgan fingerprint density at radius 1 is 1.43 bits per heavy atom. The lowest BCUT2D eigenvalue weighted by Gasteiger charge is -2.11. The molecule has 0 saturated carbocycles. The predicted octanol–water partition coefficient (Wildman–Crippen LogP) is 2.35. The Bertz CT molecular complexity index is 683. The van der Waals surface area contributed by atoms with Gasteiger partial charge in [0.1, 0.15) is 5.56 Å². The molecule has 0 aliphatic rings. The number of amides is 1. The first-order chi connectivity index (χ1) is 10.8. The highest BCUT2D eigenvalue weighted by molar-refractivity contribution is 5.93. The molecule has 0 aromatic carbocycles. The Hall–Kier alpha value is -2.42. The zero-order valence-corrected chi connectivity index (χ0v) is 12.3. The molecular formula is C14H16F3N5O. The smallest absolute Gasteiger partial charge is 0.320 e. The van der Waals surface area contributed by atoms with Crippen LogP contribution in [0.3, 0.4) is 0 Å². The van der Waals surface area contributed by atoms with Crippen molar-refractivity contribution in [1.29, 1.82) is 0 Å². The maximum Gasteiger partial charge on any atom is 0.420 e. The van der Waals surface area contributed by atoms with Crippen molar-refractivity contribution in [2.75, 3.05) is 5.32 Å². The Kier molecular flexibility index (Phi) is 4.99. The van der Waals surface area contributed by atoms with Crippen LogP contribution in [0.2, 0.25) is 0 Å². The molecule has 1 unspecified atom stereocenters. The molecule has 0 saturated heterocycles. The number of hydrogen-bond donors (Lipinski definition) is 2. The second-order valence-electron chi connectivity index (χ2n) is 4.90. The number of anilines is 1. The first-order valence-electron chi connectivity index (χ1n) is 6.97. The van der Waals surface area contributed by atoms with Gasteiger partial charge in [-0.05, 0) is 18.6 Å². The summed E-state index contributed by atoms with van der Waals surface area (Å²) in [5, 5.41) is 6.37. The third kappa shape index (κ3) is 4.07. The molecule has 23 heavy (non-hydrogen) atoms. The maximum atomic E-state index is 13.0. The van der Waals surface area contributed by atoms with Crippen molar-refractivity contribution in [3.8, 4) is 5.82 Å². The van der Waals surface area contributed by atoms with E-state index in [1.165, 1.54) is 24.5 Å². The Morgan fingerprint density at radius 2 is 2.17 bits per heavy atom. The summed E-state index contributed by atoms with van der Waals surface area (Å²) in [5.41, 5.74) is 4.75. The second-order valence-corrected chi connectivity index (χ2v) is 4.90. The molecule has 0 aliphatic heterocycles. The van der Waals surface area contributed by atoms with E-state index in [2.05, 4.69) is 15.4 Å². The van der Waals surface area contributed by atoms with Crippen molar-refractivity contribution in [3.05, 3.63) is 36.2 Å². The predicted molar refractivity (Wildman–Crippen MR) is 77.9 cm³/mol. The third-order valence-corrected chi connectivity index (χ3v) is 3.09. The topological polar surface area (TPSA) is 85.8 Å². The summed E-state index contributed by atoms with van der Waals surface area (Å²) in [6.07, 6.45) is -0.778. The van der Waals surface area contributed by atoms with Crippen LogP contribution < -0.4 is 11.1 Å². The molecule has 1 amide bonds.